The summed E-state index contributed by atoms with van der Waals surface area (Å²) in [6, 6.07) is 5.91. The van der Waals surface area contributed by atoms with Gasteiger partial charge < -0.3 is 10.5 Å². The number of aromatic nitrogens is 1. The number of nitrogens with one attached hydrogen (secondary N) is 1. The fourth-order valence-corrected chi connectivity index (χ4v) is 2.71. The van der Waals surface area contributed by atoms with Gasteiger partial charge in [-0.2, -0.15) is 0 Å². The number of carbonyl (C=O) groups is 2. The molecule has 2 heterocycles. The molecule has 1 aliphatic rings. The predicted octanol–water partition coefficient (Wildman–Crippen LogP) is 1.36. The number of pyridine rings is 1. The van der Waals surface area contributed by atoms with Gasteiger partial charge >= 0.3 is 0 Å². The first kappa shape index (κ1) is 15.1. The molecule has 0 unspecified atom stereocenters. The minimum Gasteiger partial charge on any atom is -0.490 e. The van der Waals surface area contributed by atoms with E-state index in [0.29, 0.717) is 17.3 Å². The Morgan fingerprint density at radius 2 is 2.00 bits per heavy atom. The second-order valence-electron chi connectivity index (χ2n) is 4.80. The highest BCUT2D eigenvalue weighted by molar-refractivity contribution is 6.32. The van der Waals surface area contributed by atoms with Gasteiger partial charge in [-0.3, -0.25) is 24.3 Å². The number of para-hydroxylation sites is 1. The molecule has 0 bridgehead atoms. The number of amides is 2. The van der Waals surface area contributed by atoms with Crippen molar-refractivity contribution in [3.05, 3.63) is 50.8 Å². The summed E-state index contributed by atoms with van der Waals surface area (Å²) in [6.45, 7) is 2.10. The molecule has 8 heteroatoms. The number of hydrogen-bond donors (Lipinski definition) is 2. The van der Waals surface area contributed by atoms with Gasteiger partial charge in [0.1, 0.15) is 5.82 Å². The van der Waals surface area contributed by atoms with Crippen LogP contribution in [-0.2, 0) is 0 Å². The molecule has 0 atom stereocenters. The van der Waals surface area contributed by atoms with Crippen molar-refractivity contribution in [2.45, 2.75) is 6.92 Å². The Morgan fingerprint density at radius 3 is 2.70 bits per heavy atom. The van der Waals surface area contributed by atoms with Crippen LogP contribution in [0, 0.1) is 0 Å². The molecule has 2 amide bonds. The monoisotopic (exact) mass is 333 g/mol. The molecule has 1 aromatic heterocycles. The lowest BCUT2D eigenvalue weighted by Crippen LogP contribution is -2.24. The van der Waals surface area contributed by atoms with E-state index in [1.54, 1.807) is 25.1 Å². The molecule has 0 aliphatic carbocycles. The number of ether oxygens (including phenoxy) is 1. The molecule has 2 aromatic rings. The molecule has 7 nitrogen and oxygen atoms in total. The zero-order chi connectivity index (χ0) is 16.7. The Balaban J connectivity index is 2.34. The first-order valence-electron chi connectivity index (χ1n) is 6.78. The van der Waals surface area contributed by atoms with Crippen LogP contribution in [0.1, 0.15) is 27.6 Å². The summed E-state index contributed by atoms with van der Waals surface area (Å²) in [5, 5.41) is 2.42. The number of hydrogen-bond acceptors (Lipinski definition) is 5. The van der Waals surface area contributed by atoms with Crippen LogP contribution in [0.5, 0.6) is 5.75 Å². The zero-order valence-corrected chi connectivity index (χ0v) is 12.8. The van der Waals surface area contributed by atoms with E-state index in [9.17, 15) is 14.4 Å². The molecule has 1 aromatic carbocycles. The SMILES string of the molecule is CCOc1c(Cl)cccc1-n1c(N)c2c(cc1=O)C(=O)NC2=O. The van der Waals surface area contributed by atoms with Crippen molar-refractivity contribution in [1.29, 1.82) is 0 Å². The third kappa shape index (κ3) is 2.25. The van der Waals surface area contributed by atoms with Crippen LogP contribution in [0.2, 0.25) is 5.02 Å². The molecule has 3 N–H and O–H groups in total. The fourth-order valence-electron chi connectivity index (χ4n) is 2.49. The average Bonchev–Trinajstić information content (AvgIpc) is 2.77. The molecule has 0 saturated heterocycles. The van der Waals surface area contributed by atoms with E-state index in [1.165, 1.54) is 0 Å². The van der Waals surface area contributed by atoms with E-state index >= 15 is 0 Å². The molecule has 1 aliphatic heterocycles. The second-order valence-corrected chi connectivity index (χ2v) is 5.20. The normalized spacial score (nSPS) is 13.0. The number of nitrogen functional groups attached to an aromatic ring is 1. The van der Waals surface area contributed by atoms with Crippen molar-refractivity contribution < 1.29 is 14.3 Å². The first-order chi connectivity index (χ1) is 11.0. The van der Waals surface area contributed by atoms with Crippen molar-refractivity contribution >= 4 is 29.2 Å². The van der Waals surface area contributed by atoms with Gasteiger partial charge in [0.05, 0.1) is 28.4 Å². The van der Waals surface area contributed by atoms with E-state index in [4.69, 9.17) is 22.1 Å². The Labute approximate surface area is 135 Å². The smallest absolute Gasteiger partial charge is 0.262 e. The van der Waals surface area contributed by atoms with Crippen molar-refractivity contribution in [3.63, 3.8) is 0 Å². The number of imide groups is 1. The van der Waals surface area contributed by atoms with E-state index in [2.05, 4.69) is 5.32 Å². The fraction of sp³-hybridized carbons (Fsp3) is 0.133. The van der Waals surface area contributed by atoms with E-state index in [0.717, 1.165) is 10.6 Å². The summed E-state index contributed by atoms with van der Waals surface area (Å²) in [5.41, 5.74) is 5.66. The van der Waals surface area contributed by atoms with Crippen LogP contribution >= 0.6 is 11.6 Å². The Hall–Kier alpha value is -2.80. The van der Waals surface area contributed by atoms with Crippen LogP contribution in [0.25, 0.3) is 5.69 Å². The van der Waals surface area contributed by atoms with E-state index in [-0.39, 0.29) is 22.7 Å². The molecule has 0 fully saturated rings. The quantitative estimate of drug-likeness (QED) is 0.825. The van der Waals surface area contributed by atoms with Crippen molar-refractivity contribution in [2.24, 2.45) is 0 Å². The number of benzene rings is 1. The Bertz CT molecular complexity index is 904. The highest BCUT2D eigenvalue weighted by Crippen LogP contribution is 2.33. The van der Waals surface area contributed by atoms with Gasteiger partial charge in [-0.15, -0.1) is 0 Å². The number of nitrogens with zero attached hydrogens (tertiary/aromatic N) is 1. The topological polar surface area (TPSA) is 103 Å². The molecule has 0 saturated carbocycles. The van der Waals surface area contributed by atoms with Gasteiger partial charge in [0.25, 0.3) is 17.4 Å². The van der Waals surface area contributed by atoms with Crippen LogP contribution in [0.15, 0.2) is 29.1 Å². The Morgan fingerprint density at radius 1 is 1.26 bits per heavy atom. The summed E-state index contributed by atoms with van der Waals surface area (Å²) in [4.78, 5) is 36.0. The van der Waals surface area contributed by atoms with Gasteiger partial charge in [0.2, 0.25) is 0 Å². The summed E-state index contributed by atoms with van der Waals surface area (Å²) >= 11 is 6.12. The maximum Gasteiger partial charge on any atom is 0.262 e. The third-order valence-electron chi connectivity index (χ3n) is 3.43. The summed E-state index contributed by atoms with van der Waals surface area (Å²) in [6.07, 6.45) is 0. The van der Waals surface area contributed by atoms with Crippen LogP contribution < -0.4 is 21.3 Å². The molecular weight excluding hydrogens is 322 g/mol. The van der Waals surface area contributed by atoms with E-state index in [1.807, 2.05) is 0 Å². The number of fused-ring (bicyclic) bond motifs is 1. The lowest BCUT2D eigenvalue weighted by atomic mass is 10.1. The van der Waals surface area contributed by atoms with Gasteiger partial charge in [0, 0.05) is 6.07 Å². The molecule has 23 heavy (non-hydrogen) atoms. The van der Waals surface area contributed by atoms with Crippen molar-refractivity contribution in [1.82, 2.24) is 9.88 Å². The largest absolute Gasteiger partial charge is 0.490 e. The van der Waals surface area contributed by atoms with Crippen molar-refractivity contribution in [2.75, 3.05) is 12.3 Å². The van der Waals surface area contributed by atoms with Gasteiger partial charge in [-0.1, -0.05) is 17.7 Å². The summed E-state index contributed by atoms with van der Waals surface area (Å²) < 4.78 is 6.59. The number of anilines is 1. The van der Waals surface area contributed by atoms with Crippen molar-refractivity contribution in [3.8, 4) is 11.4 Å². The molecule has 0 radical (unpaired) electrons. The molecule has 3 rings (SSSR count). The lowest BCUT2D eigenvalue weighted by molar-refractivity contribution is 0.0880. The standard InChI is InChI=1S/C15H12ClN3O4/c1-2-23-12-8(16)4-3-5-9(12)19-10(20)6-7-11(13(19)17)15(22)18-14(7)21/h3-6H,2,17H2,1H3,(H,18,21,22). The highest BCUT2D eigenvalue weighted by atomic mass is 35.5. The van der Waals surface area contributed by atoms with Gasteiger partial charge in [-0.05, 0) is 19.1 Å². The number of halogens is 1. The number of carbonyl (C=O) groups excluding carboxylic acids is 2. The maximum absolute atomic E-state index is 12.4. The molecular formula is C15H12ClN3O4. The maximum atomic E-state index is 12.4. The van der Waals surface area contributed by atoms with Gasteiger partial charge in [0.15, 0.2) is 5.75 Å². The Kier molecular flexibility index (Phi) is 3.57. The van der Waals surface area contributed by atoms with Crippen LogP contribution in [0.3, 0.4) is 0 Å². The lowest BCUT2D eigenvalue weighted by Gasteiger charge is -2.16. The third-order valence-corrected chi connectivity index (χ3v) is 3.73. The zero-order valence-electron chi connectivity index (χ0n) is 12.1. The average molecular weight is 334 g/mol. The predicted molar refractivity (Wildman–Crippen MR) is 84.4 cm³/mol. The molecule has 0 spiro atoms. The first-order valence-corrected chi connectivity index (χ1v) is 7.16. The summed E-state index contributed by atoms with van der Waals surface area (Å²) in [5.74, 6) is -1.15. The van der Waals surface area contributed by atoms with Crippen LogP contribution in [-0.4, -0.2) is 23.0 Å². The van der Waals surface area contributed by atoms with Crippen LogP contribution in [0.4, 0.5) is 5.82 Å². The number of rotatable bonds is 3. The number of nitrogens with two attached hydrogens (primary N) is 1. The minimum absolute atomic E-state index is 0.0305. The highest BCUT2D eigenvalue weighted by Gasteiger charge is 2.32. The second kappa shape index (κ2) is 5.44. The summed E-state index contributed by atoms with van der Waals surface area (Å²) in [7, 11) is 0. The van der Waals surface area contributed by atoms with Gasteiger partial charge in [-0.25, -0.2) is 0 Å². The molecule has 118 valence electrons. The minimum atomic E-state index is -0.642. The van der Waals surface area contributed by atoms with E-state index < -0.39 is 17.4 Å².